The fourth-order valence-electron chi connectivity index (χ4n) is 1.11. The highest BCUT2D eigenvalue weighted by molar-refractivity contribution is 5.89. The summed E-state index contributed by atoms with van der Waals surface area (Å²) in [5.41, 5.74) is -0.612. The Morgan fingerprint density at radius 2 is 1.72 bits per heavy atom. The van der Waals surface area contributed by atoms with Gasteiger partial charge in [0.15, 0.2) is 5.78 Å². The smallest absolute Gasteiger partial charge is 0.408 e. The van der Waals surface area contributed by atoms with Crippen LogP contribution in [0.15, 0.2) is 0 Å². The molecule has 0 aromatic carbocycles. The number of esters is 1. The van der Waals surface area contributed by atoms with Gasteiger partial charge in [-0.2, -0.15) is 0 Å². The van der Waals surface area contributed by atoms with Crippen LogP contribution in [0.5, 0.6) is 0 Å². The number of amides is 1. The number of hydrogen-bond acceptors (Lipinski definition) is 5. The molecule has 6 nitrogen and oxygen atoms in total. The van der Waals surface area contributed by atoms with Crippen molar-refractivity contribution >= 4 is 17.8 Å². The topological polar surface area (TPSA) is 81.7 Å². The summed E-state index contributed by atoms with van der Waals surface area (Å²) in [7, 11) is 1.26. The number of alkyl carbamates (subject to hydrolysis) is 1. The highest BCUT2D eigenvalue weighted by Gasteiger charge is 2.21. The molecule has 0 radical (unpaired) electrons. The fraction of sp³-hybridized carbons (Fsp3) is 0.750. The van der Waals surface area contributed by atoms with E-state index in [1.54, 1.807) is 27.7 Å². The van der Waals surface area contributed by atoms with Crippen LogP contribution in [0.2, 0.25) is 0 Å². The lowest BCUT2D eigenvalue weighted by Gasteiger charge is -2.21. The second-order valence-electron chi connectivity index (χ2n) is 4.91. The van der Waals surface area contributed by atoms with Crippen molar-refractivity contribution in [3.8, 4) is 0 Å². The Morgan fingerprint density at radius 1 is 1.17 bits per heavy atom. The van der Waals surface area contributed by atoms with Crippen LogP contribution < -0.4 is 5.32 Å². The lowest BCUT2D eigenvalue weighted by molar-refractivity contribution is -0.142. The first-order chi connectivity index (χ1) is 8.15. The van der Waals surface area contributed by atoms with E-state index >= 15 is 0 Å². The monoisotopic (exact) mass is 259 g/mol. The average molecular weight is 259 g/mol. The van der Waals surface area contributed by atoms with Crippen molar-refractivity contribution in [1.29, 1.82) is 0 Å². The number of Topliss-reactive ketones (excluding diaryl/α,β-unsaturated/α-hetero) is 1. The van der Waals surface area contributed by atoms with Gasteiger partial charge in [0.1, 0.15) is 5.60 Å². The Hall–Kier alpha value is -1.59. The van der Waals surface area contributed by atoms with Crippen LogP contribution in [0.1, 0.15) is 40.5 Å². The summed E-state index contributed by atoms with van der Waals surface area (Å²) in [6.45, 7) is 6.74. The molecule has 18 heavy (non-hydrogen) atoms. The van der Waals surface area contributed by atoms with Gasteiger partial charge in [0.2, 0.25) is 0 Å². The van der Waals surface area contributed by atoms with Gasteiger partial charge in [-0.15, -0.1) is 0 Å². The maximum absolute atomic E-state index is 11.6. The van der Waals surface area contributed by atoms with Gasteiger partial charge in [0.25, 0.3) is 0 Å². The van der Waals surface area contributed by atoms with Gasteiger partial charge in [0.05, 0.1) is 19.6 Å². The Balaban J connectivity index is 4.08. The number of methoxy groups -OCH3 is 1. The molecule has 0 saturated carbocycles. The fourth-order valence-corrected chi connectivity index (χ4v) is 1.11. The highest BCUT2D eigenvalue weighted by Crippen LogP contribution is 2.07. The number of nitrogens with one attached hydrogen (secondary N) is 1. The summed E-state index contributed by atoms with van der Waals surface area (Å²) in [5, 5.41) is 2.42. The molecule has 0 aliphatic heterocycles. The van der Waals surface area contributed by atoms with Crippen LogP contribution in [-0.2, 0) is 19.1 Å². The van der Waals surface area contributed by atoms with Crippen molar-refractivity contribution in [1.82, 2.24) is 5.32 Å². The number of carbonyl (C=O) groups excluding carboxylic acids is 3. The molecular weight excluding hydrogens is 238 g/mol. The zero-order valence-electron chi connectivity index (χ0n) is 11.5. The van der Waals surface area contributed by atoms with Gasteiger partial charge >= 0.3 is 12.1 Å². The maximum Gasteiger partial charge on any atom is 0.408 e. The molecule has 1 amide bonds. The standard InChI is InChI=1S/C12H21NO5/c1-8(9(14)6-7-10(15)17-5)13-11(16)18-12(2,3)4/h8H,6-7H2,1-5H3,(H,13,16). The summed E-state index contributed by atoms with van der Waals surface area (Å²) in [6, 6.07) is -0.690. The first-order valence-electron chi connectivity index (χ1n) is 5.74. The van der Waals surface area contributed by atoms with Gasteiger partial charge in [-0.25, -0.2) is 4.79 Å². The molecule has 0 aromatic heterocycles. The molecule has 1 N–H and O–H groups in total. The van der Waals surface area contributed by atoms with Crippen molar-refractivity contribution in [2.75, 3.05) is 7.11 Å². The van der Waals surface area contributed by atoms with E-state index in [2.05, 4.69) is 10.1 Å². The number of ketones is 1. The third kappa shape index (κ3) is 7.65. The third-order valence-corrected chi connectivity index (χ3v) is 2.02. The largest absolute Gasteiger partial charge is 0.469 e. The second kappa shape index (κ2) is 6.98. The van der Waals surface area contributed by atoms with Gasteiger partial charge in [-0.3, -0.25) is 9.59 Å². The molecule has 0 aliphatic carbocycles. The zero-order valence-corrected chi connectivity index (χ0v) is 11.5. The predicted molar refractivity (Wildman–Crippen MR) is 65.1 cm³/mol. The lowest BCUT2D eigenvalue weighted by Crippen LogP contribution is -2.41. The van der Waals surface area contributed by atoms with Gasteiger partial charge in [-0.05, 0) is 27.7 Å². The van der Waals surface area contributed by atoms with Crippen LogP contribution >= 0.6 is 0 Å². The molecule has 6 heteroatoms. The summed E-state index contributed by atoms with van der Waals surface area (Å²) < 4.78 is 9.44. The van der Waals surface area contributed by atoms with E-state index < -0.39 is 23.7 Å². The molecule has 0 fully saturated rings. The Bertz CT molecular complexity index is 319. The number of hydrogen-bond donors (Lipinski definition) is 1. The van der Waals surface area contributed by atoms with Gasteiger partial charge < -0.3 is 14.8 Å². The van der Waals surface area contributed by atoms with Crippen LogP contribution in [0.3, 0.4) is 0 Å². The lowest BCUT2D eigenvalue weighted by atomic mass is 10.1. The van der Waals surface area contributed by atoms with Crippen molar-refractivity contribution in [3.05, 3.63) is 0 Å². The third-order valence-electron chi connectivity index (χ3n) is 2.02. The van der Waals surface area contributed by atoms with Gasteiger partial charge in [-0.1, -0.05) is 0 Å². The SMILES string of the molecule is COC(=O)CCC(=O)C(C)NC(=O)OC(C)(C)C. The summed E-state index contributed by atoms with van der Waals surface area (Å²) >= 11 is 0. The summed E-state index contributed by atoms with van der Waals surface area (Å²) in [5.74, 6) is -0.695. The Labute approximate surface area is 107 Å². The molecule has 0 aliphatic rings. The van der Waals surface area contributed by atoms with E-state index in [1.807, 2.05) is 0 Å². The quantitative estimate of drug-likeness (QED) is 0.755. The molecule has 0 aromatic rings. The minimum absolute atomic E-state index is 0.00960. The maximum atomic E-state index is 11.6. The number of ether oxygens (including phenoxy) is 2. The van der Waals surface area contributed by atoms with Crippen molar-refractivity contribution in [2.45, 2.75) is 52.2 Å². The highest BCUT2D eigenvalue weighted by atomic mass is 16.6. The summed E-state index contributed by atoms with van der Waals surface area (Å²) in [4.78, 5) is 33.8. The van der Waals surface area contributed by atoms with E-state index in [4.69, 9.17) is 4.74 Å². The van der Waals surface area contributed by atoms with Crippen molar-refractivity contribution in [2.24, 2.45) is 0 Å². The zero-order chi connectivity index (χ0) is 14.3. The van der Waals surface area contributed by atoms with Crippen LogP contribution in [-0.4, -0.2) is 36.6 Å². The molecule has 104 valence electrons. The van der Waals surface area contributed by atoms with Gasteiger partial charge in [0, 0.05) is 6.42 Å². The van der Waals surface area contributed by atoms with Crippen molar-refractivity contribution < 1.29 is 23.9 Å². The molecule has 1 atom stereocenters. The Morgan fingerprint density at radius 3 is 2.17 bits per heavy atom. The van der Waals surface area contributed by atoms with E-state index in [9.17, 15) is 14.4 Å². The molecule has 0 heterocycles. The first kappa shape index (κ1) is 16.4. The van der Waals surface area contributed by atoms with E-state index in [0.29, 0.717) is 0 Å². The average Bonchev–Trinajstić information content (AvgIpc) is 2.22. The van der Waals surface area contributed by atoms with Crippen LogP contribution in [0.25, 0.3) is 0 Å². The second-order valence-corrected chi connectivity index (χ2v) is 4.91. The molecule has 1 unspecified atom stereocenters. The van der Waals surface area contributed by atoms with E-state index in [0.717, 1.165) is 0 Å². The predicted octanol–water partition coefficient (Wildman–Crippen LogP) is 1.42. The van der Waals surface area contributed by atoms with E-state index in [1.165, 1.54) is 7.11 Å². The van der Waals surface area contributed by atoms with Crippen molar-refractivity contribution in [3.63, 3.8) is 0 Å². The molecule has 0 rings (SSSR count). The summed E-state index contributed by atoms with van der Waals surface area (Å²) in [6.07, 6.45) is -0.610. The number of carbonyl (C=O) groups is 3. The van der Waals surface area contributed by atoms with Crippen LogP contribution in [0.4, 0.5) is 4.79 Å². The molecule has 0 bridgehead atoms. The molecule has 0 spiro atoms. The van der Waals surface area contributed by atoms with Crippen LogP contribution in [0, 0.1) is 0 Å². The minimum atomic E-state index is -0.690. The van der Waals surface area contributed by atoms with E-state index in [-0.39, 0.29) is 18.6 Å². The minimum Gasteiger partial charge on any atom is -0.469 e. The molecular formula is C12H21NO5. The normalized spacial score (nSPS) is 12.5. The Kier molecular flexibility index (Phi) is 6.36. The first-order valence-corrected chi connectivity index (χ1v) is 5.74. The molecule has 0 saturated heterocycles. The number of rotatable bonds is 5.